The topological polar surface area (TPSA) is 71.0 Å². The molecule has 1 saturated heterocycles. The molecule has 0 radical (unpaired) electrons. The maximum Gasteiger partial charge on any atom is 0.220 e. The lowest BCUT2D eigenvalue weighted by atomic mass is 9.80. The van der Waals surface area contributed by atoms with Crippen LogP contribution in [-0.4, -0.2) is 48.2 Å². The molecule has 1 amide bonds. The summed E-state index contributed by atoms with van der Waals surface area (Å²) in [6, 6.07) is 7.68. The van der Waals surface area contributed by atoms with Gasteiger partial charge in [-0.1, -0.05) is 64.3 Å². The number of allylic oxidation sites excluding steroid dienone is 1. The molecule has 1 aromatic rings. The van der Waals surface area contributed by atoms with E-state index in [2.05, 4.69) is 37.9 Å². The summed E-state index contributed by atoms with van der Waals surface area (Å²) in [4.78, 5) is 31.9. The van der Waals surface area contributed by atoms with Crippen LogP contribution in [0.5, 0.6) is 0 Å². The molecule has 6 nitrogen and oxygen atoms in total. The predicted molar refractivity (Wildman–Crippen MR) is 155 cm³/mol. The molecule has 210 valence electrons. The first-order chi connectivity index (χ1) is 18.5. The Kier molecular flexibility index (Phi) is 12.5. The minimum Gasteiger partial charge on any atom is -0.370 e. The van der Waals surface area contributed by atoms with E-state index in [0.717, 1.165) is 87.8 Å². The van der Waals surface area contributed by atoms with E-state index in [1.165, 1.54) is 17.7 Å². The maximum absolute atomic E-state index is 12.3. The molecule has 4 rings (SSSR count). The lowest BCUT2D eigenvalue weighted by Gasteiger charge is -2.39. The number of ketones is 1. The predicted octanol–water partition coefficient (Wildman–Crippen LogP) is 6.84. The third-order valence-corrected chi connectivity index (χ3v) is 7.56. The van der Waals surface area contributed by atoms with Crippen molar-refractivity contribution in [1.82, 2.24) is 10.2 Å². The monoisotopic (exact) mass is 523 g/mol. The number of unbranched alkanes of at least 4 members (excludes halogenated alkanes) is 1. The largest absolute Gasteiger partial charge is 0.370 e. The number of carbonyl (C=O) groups excluding carboxylic acids is 2. The minimum absolute atomic E-state index is 0.0596. The molecule has 1 saturated carbocycles. The number of rotatable bonds is 12. The van der Waals surface area contributed by atoms with E-state index in [4.69, 9.17) is 9.73 Å². The molecule has 1 atom stereocenters. The number of fused-ring (bicyclic) bond motifs is 1. The molecule has 38 heavy (non-hydrogen) atoms. The van der Waals surface area contributed by atoms with Crippen molar-refractivity contribution in [1.29, 1.82) is 0 Å². The van der Waals surface area contributed by atoms with Crippen molar-refractivity contribution in [2.45, 2.75) is 111 Å². The highest BCUT2D eigenvalue weighted by Gasteiger charge is 2.30. The molecule has 1 aromatic carbocycles. The first-order valence-electron chi connectivity index (χ1n) is 15.0. The molecule has 2 heterocycles. The number of nitrogens with zero attached hydrogens (tertiary/aromatic N) is 2. The Morgan fingerprint density at radius 1 is 1.05 bits per heavy atom. The lowest BCUT2D eigenvalue weighted by Crippen LogP contribution is -2.48. The van der Waals surface area contributed by atoms with Gasteiger partial charge in [-0.25, -0.2) is 4.99 Å². The van der Waals surface area contributed by atoms with Crippen LogP contribution in [0.25, 0.3) is 0 Å². The molecule has 0 bridgehead atoms. The van der Waals surface area contributed by atoms with Crippen molar-refractivity contribution in [3.8, 4) is 0 Å². The van der Waals surface area contributed by atoms with E-state index in [1.807, 2.05) is 24.3 Å². The number of Topliss-reactive ketones (excluding diaryl/α,β-unsaturated/α-hetero) is 1. The summed E-state index contributed by atoms with van der Waals surface area (Å²) in [6.07, 6.45) is 11.2. The minimum atomic E-state index is 0.0596. The van der Waals surface area contributed by atoms with Gasteiger partial charge >= 0.3 is 0 Å². The summed E-state index contributed by atoms with van der Waals surface area (Å²) < 4.78 is 6.21. The molecule has 2 aliphatic heterocycles. The number of piperidine rings is 1. The fourth-order valence-corrected chi connectivity index (χ4v) is 5.13. The molecule has 2 fully saturated rings. The molecule has 1 N–H and O–H groups in total. The van der Waals surface area contributed by atoms with Crippen LogP contribution in [-0.2, 0) is 16.1 Å². The molecule has 0 aromatic heterocycles. The van der Waals surface area contributed by atoms with Gasteiger partial charge in [-0.2, -0.15) is 0 Å². The number of carbonyl (C=O) groups is 2. The fourth-order valence-electron chi connectivity index (χ4n) is 5.13. The number of ether oxygens (including phenoxy) is 1. The van der Waals surface area contributed by atoms with Gasteiger partial charge in [0.15, 0.2) is 5.78 Å². The Balaban J connectivity index is 0.00000127. The zero-order chi connectivity index (χ0) is 27.3. The average Bonchev–Trinajstić information content (AvgIpc) is 2.88. The number of nitrogens with one attached hydrogen (secondary N) is 1. The van der Waals surface area contributed by atoms with E-state index < -0.39 is 0 Å². The average molecular weight is 524 g/mol. The molecule has 3 aliphatic rings. The highest BCUT2D eigenvalue weighted by Crippen LogP contribution is 2.30. The lowest BCUT2D eigenvalue weighted by molar-refractivity contribution is -0.121. The van der Waals surface area contributed by atoms with Gasteiger partial charge < -0.3 is 15.0 Å². The second-order valence-corrected chi connectivity index (χ2v) is 11.0. The Hall–Kier alpha value is -2.47. The first-order valence-corrected chi connectivity index (χ1v) is 15.0. The van der Waals surface area contributed by atoms with Gasteiger partial charge in [-0.15, -0.1) is 0 Å². The van der Waals surface area contributed by atoms with Crippen molar-refractivity contribution < 1.29 is 14.3 Å². The summed E-state index contributed by atoms with van der Waals surface area (Å²) in [7, 11) is 0. The zero-order valence-corrected chi connectivity index (χ0v) is 24.2. The van der Waals surface area contributed by atoms with Gasteiger partial charge in [0.05, 0.1) is 0 Å². The second-order valence-electron chi connectivity index (χ2n) is 11.0. The van der Waals surface area contributed by atoms with Crippen molar-refractivity contribution in [3.63, 3.8) is 0 Å². The fraction of sp³-hybridized carbons (Fsp3) is 0.656. The maximum atomic E-state index is 12.3. The van der Waals surface area contributed by atoms with Crippen LogP contribution in [0.2, 0.25) is 0 Å². The van der Waals surface area contributed by atoms with Crippen LogP contribution in [0, 0.1) is 5.92 Å². The third-order valence-electron chi connectivity index (χ3n) is 7.56. The van der Waals surface area contributed by atoms with Crippen molar-refractivity contribution in [2.24, 2.45) is 10.9 Å². The molecular weight excluding hydrogens is 474 g/mol. The van der Waals surface area contributed by atoms with Crippen LogP contribution in [0.1, 0.15) is 114 Å². The molecular formula is C32H49N3O3. The Morgan fingerprint density at radius 3 is 2.45 bits per heavy atom. The van der Waals surface area contributed by atoms with Crippen LogP contribution >= 0.6 is 0 Å². The van der Waals surface area contributed by atoms with Crippen molar-refractivity contribution >= 4 is 17.5 Å². The number of hydrogen-bond acceptors (Lipinski definition) is 5. The Morgan fingerprint density at radius 2 is 1.79 bits per heavy atom. The van der Waals surface area contributed by atoms with Gasteiger partial charge in [0, 0.05) is 49.8 Å². The van der Waals surface area contributed by atoms with Gasteiger partial charge in [0.1, 0.15) is 11.9 Å². The Labute approximate surface area is 230 Å². The Bertz CT molecular complexity index is 963. The van der Waals surface area contributed by atoms with Gasteiger partial charge in [-0.05, 0) is 63.0 Å². The number of hydrogen-bond donors (Lipinski definition) is 1. The summed E-state index contributed by atoms with van der Waals surface area (Å²) in [5.74, 6) is 1.64. The van der Waals surface area contributed by atoms with Gasteiger partial charge in [0.2, 0.25) is 5.91 Å². The summed E-state index contributed by atoms with van der Waals surface area (Å²) in [5, 5.41) is 2.99. The summed E-state index contributed by atoms with van der Waals surface area (Å²) >= 11 is 0. The molecule has 1 aliphatic carbocycles. The standard InChI is InChI=1S/C29H41N3O3.C3H8/c1-3-8-25-20-32-17-7-11-26(29(32)31-21(25)2)35-18-5-4-12-27(33)30-19-22-13-15-24(16-14-22)28(34)23-9-6-10-23;1-3-2/h13-16,23,26H,3-12,17-20H2,1-2H3,(H,30,33);3H2,1-2H3. The number of aliphatic imine (C=N–C) groups is 1. The van der Waals surface area contributed by atoms with Gasteiger partial charge in [0.25, 0.3) is 0 Å². The number of benzene rings is 1. The number of amidine groups is 1. The summed E-state index contributed by atoms with van der Waals surface area (Å²) in [5.41, 5.74) is 4.44. The zero-order valence-electron chi connectivity index (χ0n) is 24.2. The smallest absolute Gasteiger partial charge is 0.220 e. The highest BCUT2D eigenvalue weighted by atomic mass is 16.5. The first kappa shape index (κ1) is 30.1. The van der Waals surface area contributed by atoms with E-state index >= 15 is 0 Å². The van der Waals surface area contributed by atoms with Crippen molar-refractivity contribution in [3.05, 3.63) is 46.7 Å². The van der Waals surface area contributed by atoms with E-state index in [-0.39, 0.29) is 23.7 Å². The van der Waals surface area contributed by atoms with E-state index in [1.54, 1.807) is 0 Å². The van der Waals surface area contributed by atoms with Crippen LogP contribution < -0.4 is 5.32 Å². The van der Waals surface area contributed by atoms with E-state index in [0.29, 0.717) is 19.6 Å². The second kappa shape index (κ2) is 15.8. The van der Waals surface area contributed by atoms with Gasteiger partial charge in [-0.3, -0.25) is 9.59 Å². The molecule has 6 heteroatoms. The van der Waals surface area contributed by atoms with Crippen LogP contribution in [0.3, 0.4) is 0 Å². The summed E-state index contributed by atoms with van der Waals surface area (Å²) in [6.45, 7) is 11.8. The quantitative estimate of drug-likeness (QED) is 0.240. The normalized spacial score (nSPS) is 19.1. The van der Waals surface area contributed by atoms with Crippen molar-refractivity contribution in [2.75, 3.05) is 19.7 Å². The molecule has 1 unspecified atom stereocenters. The SMILES string of the molecule is CCC.CCCC1=C(C)N=C2C(OCCCCC(=O)NCc3ccc(C(=O)C4CCC4)cc3)CCCN2C1. The highest BCUT2D eigenvalue weighted by molar-refractivity contribution is 5.98. The van der Waals surface area contributed by atoms with Crippen LogP contribution in [0.4, 0.5) is 0 Å². The van der Waals surface area contributed by atoms with E-state index in [9.17, 15) is 9.59 Å². The third kappa shape index (κ3) is 8.79. The van der Waals surface area contributed by atoms with Crippen LogP contribution in [0.15, 0.2) is 40.5 Å². The number of amides is 1. The molecule has 0 spiro atoms.